The molecule has 88 valence electrons. The van der Waals surface area contributed by atoms with Crippen LogP contribution in [0.25, 0.3) is 0 Å². The summed E-state index contributed by atoms with van der Waals surface area (Å²) < 4.78 is 0. The van der Waals surface area contributed by atoms with Crippen molar-refractivity contribution < 1.29 is 0 Å². The lowest BCUT2D eigenvalue weighted by Gasteiger charge is -2.19. The van der Waals surface area contributed by atoms with Crippen molar-refractivity contribution >= 4 is 5.82 Å². The molecule has 1 saturated heterocycles. The molecule has 0 bridgehead atoms. The highest BCUT2D eigenvalue weighted by Gasteiger charge is 2.28. The van der Waals surface area contributed by atoms with Crippen LogP contribution in [0.4, 0.5) is 5.82 Å². The molecule has 0 aromatic carbocycles. The van der Waals surface area contributed by atoms with Crippen LogP contribution in [0, 0.1) is 5.41 Å². The third-order valence-corrected chi connectivity index (χ3v) is 3.24. The summed E-state index contributed by atoms with van der Waals surface area (Å²) in [6, 6.07) is 4.20. The first-order chi connectivity index (χ1) is 7.59. The van der Waals surface area contributed by atoms with Gasteiger partial charge >= 0.3 is 0 Å². The van der Waals surface area contributed by atoms with Gasteiger partial charge in [-0.3, -0.25) is 4.90 Å². The van der Waals surface area contributed by atoms with Crippen molar-refractivity contribution in [3.05, 3.63) is 23.9 Å². The van der Waals surface area contributed by atoms with Gasteiger partial charge in [0, 0.05) is 26.3 Å². The van der Waals surface area contributed by atoms with E-state index in [1.54, 1.807) is 0 Å². The molecule has 16 heavy (non-hydrogen) atoms. The summed E-state index contributed by atoms with van der Waals surface area (Å²) in [7, 11) is 1.89. The maximum Gasteiger partial charge on any atom is 0.125 e. The van der Waals surface area contributed by atoms with E-state index in [0.29, 0.717) is 5.41 Å². The van der Waals surface area contributed by atoms with E-state index in [4.69, 9.17) is 0 Å². The number of likely N-dealkylation sites (tertiary alicyclic amines) is 1. The van der Waals surface area contributed by atoms with E-state index in [2.05, 4.69) is 35.1 Å². The zero-order chi connectivity index (χ0) is 11.6. The Morgan fingerprint density at radius 3 is 2.75 bits per heavy atom. The first-order valence-electron chi connectivity index (χ1n) is 5.94. The number of hydrogen-bond donors (Lipinski definition) is 1. The third kappa shape index (κ3) is 2.73. The number of rotatable bonds is 3. The minimum atomic E-state index is 0.484. The number of hydrogen-bond acceptors (Lipinski definition) is 3. The first-order valence-corrected chi connectivity index (χ1v) is 5.94. The molecule has 2 heterocycles. The Morgan fingerprint density at radius 1 is 1.44 bits per heavy atom. The molecule has 3 heteroatoms. The van der Waals surface area contributed by atoms with Gasteiger partial charge < -0.3 is 5.32 Å². The second-order valence-corrected chi connectivity index (χ2v) is 5.43. The standard InChI is InChI=1S/C13H21N3/c1-13(2)6-7-16(10-13)9-11-4-5-12(14-3)15-8-11/h4-5,8H,6-7,9-10H2,1-3H3,(H,14,15). The van der Waals surface area contributed by atoms with Crippen molar-refractivity contribution in [3.63, 3.8) is 0 Å². The largest absolute Gasteiger partial charge is 0.373 e. The van der Waals surface area contributed by atoms with Gasteiger partial charge in [0.1, 0.15) is 5.82 Å². The predicted molar refractivity (Wildman–Crippen MR) is 67.5 cm³/mol. The topological polar surface area (TPSA) is 28.2 Å². The van der Waals surface area contributed by atoms with Gasteiger partial charge in [-0.25, -0.2) is 4.98 Å². The molecule has 0 aliphatic carbocycles. The summed E-state index contributed by atoms with van der Waals surface area (Å²) in [5.41, 5.74) is 1.79. The maximum atomic E-state index is 4.34. The summed E-state index contributed by atoms with van der Waals surface area (Å²) in [5.74, 6) is 0.936. The fourth-order valence-corrected chi connectivity index (χ4v) is 2.28. The average Bonchev–Trinajstić information content (AvgIpc) is 2.59. The van der Waals surface area contributed by atoms with E-state index >= 15 is 0 Å². The van der Waals surface area contributed by atoms with Gasteiger partial charge in [-0.2, -0.15) is 0 Å². The monoisotopic (exact) mass is 219 g/mol. The summed E-state index contributed by atoms with van der Waals surface area (Å²) in [6.45, 7) is 8.12. The van der Waals surface area contributed by atoms with Crippen molar-refractivity contribution in [1.29, 1.82) is 0 Å². The number of aromatic nitrogens is 1. The summed E-state index contributed by atoms with van der Waals surface area (Å²) >= 11 is 0. The van der Waals surface area contributed by atoms with Crippen LogP contribution in [0.5, 0.6) is 0 Å². The number of pyridine rings is 1. The van der Waals surface area contributed by atoms with Crippen molar-refractivity contribution in [2.45, 2.75) is 26.8 Å². The highest BCUT2D eigenvalue weighted by molar-refractivity contribution is 5.34. The lowest BCUT2D eigenvalue weighted by Crippen LogP contribution is -2.22. The molecule has 1 N–H and O–H groups in total. The van der Waals surface area contributed by atoms with Crippen LogP contribution in [0.1, 0.15) is 25.8 Å². The normalized spacial score (nSPS) is 19.9. The minimum Gasteiger partial charge on any atom is -0.373 e. The maximum absolute atomic E-state index is 4.34. The lowest BCUT2D eigenvalue weighted by molar-refractivity contribution is 0.284. The molecule has 0 unspecified atom stereocenters. The summed E-state index contributed by atoms with van der Waals surface area (Å²) in [4.78, 5) is 6.85. The quantitative estimate of drug-likeness (QED) is 0.846. The summed E-state index contributed by atoms with van der Waals surface area (Å²) in [5, 5.41) is 3.04. The van der Waals surface area contributed by atoms with Crippen LogP contribution in [-0.2, 0) is 6.54 Å². The van der Waals surface area contributed by atoms with Crippen LogP contribution in [0.3, 0.4) is 0 Å². The Bertz CT molecular complexity index is 343. The van der Waals surface area contributed by atoms with Gasteiger partial charge in [0.2, 0.25) is 0 Å². The molecule has 3 nitrogen and oxygen atoms in total. The zero-order valence-electron chi connectivity index (χ0n) is 10.5. The molecule has 1 aliphatic rings. The molecule has 0 atom stereocenters. The van der Waals surface area contributed by atoms with Crippen LogP contribution in [-0.4, -0.2) is 30.0 Å². The SMILES string of the molecule is CNc1ccc(CN2CCC(C)(C)C2)cn1. The van der Waals surface area contributed by atoms with Gasteiger partial charge in [0.25, 0.3) is 0 Å². The smallest absolute Gasteiger partial charge is 0.125 e. The van der Waals surface area contributed by atoms with E-state index < -0.39 is 0 Å². The van der Waals surface area contributed by atoms with Gasteiger partial charge in [-0.15, -0.1) is 0 Å². The van der Waals surface area contributed by atoms with Crippen molar-refractivity contribution in [3.8, 4) is 0 Å². The molecule has 2 rings (SSSR count). The van der Waals surface area contributed by atoms with Crippen LogP contribution in [0.15, 0.2) is 18.3 Å². The van der Waals surface area contributed by atoms with Crippen molar-refractivity contribution in [2.75, 3.05) is 25.5 Å². The average molecular weight is 219 g/mol. The van der Waals surface area contributed by atoms with Gasteiger partial charge in [0.15, 0.2) is 0 Å². The highest BCUT2D eigenvalue weighted by atomic mass is 15.2. The van der Waals surface area contributed by atoms with Gasteiger partial charge in [-0.05, 0) is 30.0 Å². The Hall–Kier alpha value is -1.09. The van der Waals surface area contributed by atoms with E-state index in [1.165, 1.54) is 25.1 Å². The number of anilines is 1. The second-order valence-electron chi connectivity index (χ2n) is 5.43. The van der Waals surface area contributed by atoms with E-state index in [0.717, 1.165) is 12.4 Å². The number of nitrogens with zero attached hydrogens (tertiary/aromatic N) is 2. The Kier molecular flexibility index (Phi) is 3.15. The summed E-state index contributed by atoms with van der Waals surface area (Å²) in [6.07, 6.45) is 3.27. The minimum absolute atomic E-state index is 0.484. The van der Waals surface area contributed by atoms with Gasteiger partial charge in [0.05, 0.1) is 0 Å². The van der Waals surface area contributed by atoms with Crippen molar-refractivity contribution in [2.24, 2.45) is 5.41 Å². The molecule has 1 fully saturated rings. The highest BCUT2D eigenvalue weighted by Crippen LogP contribution is 2.29. The fraction of sp³-hybridized carbons (Fsp3) is 0.615. The molecule has 0 spiro atoms. The van der Waals surface area contributed by atoms with Crippen LogP contribution < -0.4 is 5.32 Å². The molecular weight excluding hydrogens is 198 g/mol. The van der Waals surface area contributed by atoms with Gasteiger partial charge in [-0.1, -0.05) is 19.9 Å². The Balaban J connectivity index is 1.94. The van der Waals surface area contributed by atoms with E-state index in [1.807, 2.05) is 19.3 Å². The second kappa shape index (κ2) is 4.42. The molecular formula is C13H21N3. The Morgan fingerprint density at radius 2 is 2.25 bits per heavy atom. The lowest BCUT2D eigenvalue weighted by atomic mass is 9.93. The molecule has 0 amide bonds. The molecule has 0 radical (unpaired) electrons. The molecule has 1 aliphatic heterocycles. The van der Waals surface area contributed by atoms with E-state index in [9.17, 15) is 0 Å². The molecule has 0 saturated carbocycles. The third-order valence-electron chi connectivity index (χ3n) is 3.24. The van der Waals surface area contributed by atoms with Crippen LogP contribution >= 0.6 is 0 Å². The predicted octanol–water partition coefficient (Wildman–Crippen LogP) is 2.36. The molecule has 1 aromatic rings. The first kappa shape index (κ1) is 11.4. The number of nitrogens with one attached hydrogen (secondary N) is 1. The fourth-order valence-electron chi connectivity index (χ4n) is 2.28. The Labute approximate surface area is 97.9 Å². The van der Waals surface area contributed by atoms with Crippen molar-refractivity contribution in [1.82, 2.24) is 9.88 Å². The molecule has 1 aromatic heterocycles. The van der Waals surface area contributed by atoms with Crippen LogP contribution in [0.2, 0.25) is 0 Å². The zero-order valence-corrected chi connectivity index (χ0v) is 10.5. The van der Waals surface area contributed by atoms with E-state index in [-0.39, 0.29) is 0 Å².